The molecule has 0 fully saturated rings. The Kier molecular flexibility index (Phi) is 6.16. The van der Waals surface area contributed by atoms with Crippen molar-refractivity contribution in [1.29, 1.82) is 0 Å². The zero-order valence-corrected chi connectivity index (χ0v) is 17.5. The second-order valence-electron chi connectivity index (χ2n) is 7.00. The first kappa shape index (κ1) is 21.8. The molecule has 2 aromatic carbocycles. The predicted octanol–water partition coefficient (Wildman–Crippen LogP) is 5.13. The summed E-state index contributed by atoms with van der Waals surface area (Å²) in [6.45, 7) is 1.92. The number of nitrogens with two attached hydrogens (primary N) is 1. The van der Waals surface area contributed by atoms with Crippen LogP contribution in [0.5, 0.6) is 11.5 Å². The average Bonchev–Trinajstić information content (AvgIpc) is 3.19. The smallest absolute Gasteiger partial charge is 0.324 e. The summed E-state index contributed by atoms with van der Waals surface area (Å²) in [5.41, 5.74) is 6.85. The summed E-state index contributed by atoms with van der Waals surface area (Å²) in [5.74, 6) is 0.183. The van der Waals surface area contributed by atoms with E-state index in [9.17, 15) is 13.6 Å². The molecule has 0 bridgehead atoms. The summed E-state index contributed by atoms with van der Waals surface area (Å²) in [5, 5.41) is 9.53. The van der Waals surface area contributed by atoms with Gasteiger partial charge in [-0.15, -0.1) is 0 Å². The van der Waals surface area contributed by atoms with E-state index in [0.29, 0.717) is 23.7 Å². The van der Waals surface area contributed by atoms with E-state index in [1.165, 1.54) is 41.2 Å². The topological polar surface area (TPSA) is 107 Å². The fourth-order valence-electron chi connectivity index (χ4n) is 3.03. The highest BCUT2D eigenvalue weighted by atomic mass is 19.1. The summed E-state index contributed by atoms with van der Waals surface area (Å²) >= 11 is 0. The Labute approximate surface area is 188 Å². The number of pyridine rings is 1. The van der Waals surface area contributed by atoms with Crippen LogP contribution in [0.2, 0.25) is 0 Å². The van der Waals surface area contributed by atoms with Gasteiger partial charge in [-0.3, -0.25) is 5.32 Å². The first-order valence-corrected chi connectivity index (χ1v) is 10.0. The Morgan fingerprint density at radius 3 is 2.48 bits per heavy atom. The number of urea groups is 1. The lowest BCUT2D eigenvalue weighted by Crippen LogP contribution is -2.22. The van der Waals surface area contributed by atoms with Crippen molar-refractivity contribution < 1.29 is 18.3 Å². The second kappa shape index (κ2) is 9.35. The van der Waals surface area contributed by atoms with Gasteiger partial charge in [-0.05, 0) is 48.9 Å². The summed E-state index contributed by atoms with van der Waals surface area (Å²) in [6.07, 6.45) is 2.10. The molecule has 0 radical (unpaired) electrons. The number of anilines is 3. The van der Waals surface area contributed by atoms with Gasteiger partial charge in [0.25, 0.3) is 0 Å². The van der Waals surface area contributed by atoms with E-state index < -0.39 is 11.8 Å². The van der Waals surface area contributed by atoms with Gasteiger partial charge in [0.05, 0.1) is 17.1 Å². The van der Waals surface area contributed by atoms with Crippen molar-refractivity contribution in [2.24, 2.45) is 0 Å². The van der Waals surface area contributed by atoms with Crippen LogP contribution in [0.4, 0.5) is 30.9 Å². The number of carbonyl (C=O) groups excluding carboxylic acids is 1. The van der Waals surface area contributed by atoms with Crippen LogP contribution < -0.4 is 21.1 Å². The van der Waals surface area contributed by atoms with Crippen LogP contribution in [-0.2, 0) is 6.42 Å². The Morgan fingerprint density at radius 2 is 1.79 bits per heavy atom. The highest BCUT2D eigenvalue weighted by Gasteiger charge is 2.14. The van der Waals surface area contributed by atoms with Gasteiger partial charge in [-0.1, -0.05) is 6.92 Å². The number of hydrogen-bond donors (Lipinski definition) is 3. The molecule has 4 rings (SSSR count). The monoisotopic (exact) mass is 450 g/mol. The van der Waals surface area contributed by atoms with Crippen molar-refractivity contribution >= 4 is 23.4 Å². The molecule has 0 atom stereocenters. The minimum atomic E-state index is -0.689. The highest BCUT2D eigenvalue weighted by Crippen LogP contribution is 2.26. The van der Waals surface area contributed by atoms with Gasteiger partial charge in [-0.25, -0.2) is 23.2 Å². The number of rotatable bonds is 6. The molecule has 0 spiro atoms. The van der Waals surface area contributed by atoms with Gasteiger partial charge in [0.1, 0.15) is 34.8 Å². The van der Waals surface area contributed by atoms with E-state index in [1.807, 2.05) is 6.92 Å². The third-order valence-electron chi connectivity index (χ3n) is 4.61. The maximum atomic E-state index is 14.6. The summed E-state index contributed by atoms with van der Waals surface area (Å²) in [4.78, 5) is 16.4. The number of nitrogens with zero attached hydrogens (tertiary/aromatic N) is 3. The minimum absolute atomic E-state index is 0.0438. The van der Waals surface area contributed by atoms with Gasteiger partial charge in [-0.2, -0.15) is 5.10 Å². The lowest BCUT2D eigenvalue weighted by molar-refractivity contribution is 0.262. The van der Waals surface area contributed by atoms with Crippen LogP contribution in [-0.4, -0.2) is 20.8 Å². The zero-order chi connectivity index (χ0) is 23.4. The van der Waals surface area contributed by atoms with Gasteiger partial charge in [0.2, 0.25) is 0 Å². The Hall–Kier alpha value is -4.47. The molecule has 0 aliphatic rings. The Bertz CT molecular complexity index is 1290. The first-order chi connectivity index (χ1) is 15.9. The number of benzene rings is 2. The van der Waals surface area contributed by atoms with Crippen molar-refractivity contribution in [1.82, 2.24) is 14.8 Å². The summed E-state index contributed by atoms with van der Waals surface area (Å²) in [7, 11) is 0. The van der Waals surface area contributed by atoms with Crippen LogP contribution in [0, 0.1) is 11.6 Å². The summed E-state index contributed by atoms with van der Waals surface area (Å²) < 4.78 is 34.9. The molecule has 8 nitrogen and oxygen atoms in total. The standard InChI is InChI=1S/C23H20F2N6O2/c1-2-15-11-22(31(30-15)16-5-3-14(24)4-6-16)29-23(32)28-20-8-7-17(12-19(20)25)33-18-9-10-27-21(26)13-18/h3-13H,2H2,1H3,(H2,26,27)(H2,28,29,32). The first-order valence-electron chi connectivity index (χ1n) is 10.0. The molecule has 4 N–H and O–H groups in total. The van der Waals surface area contributed by atoms with E-state index in [1.54, 1.807) is 24.3 Å². The number of nitrogen functional groups attached to an aromatic ring is 1. The molecular weight excluding hydrogens is 430 g/mol. The van der Waals surface area contributed by atoms with Gasteiger partial charge in [0, 0.05) is 24.4 Å². The summed E-state index contributed by atoms with van der Waals surface area (Å²) in [6, 6.07) is 13.8. The number of halogens is 2. The van der Waals surface area contributed by atoms with Crippen molar-refractivity contribution in [3.63, 3.8) is 0 Å². The molecule has 0 saturated heterocycles. The molecule has 2 heterocycles. The van der Waals surface area contributed by atoms with Crippen molar-refractivity contribution in [3.05, 3.63) is 84.2 Å². The van der Waals surface area contributed by atoms with Gasteiger partial charge in [0.15, 0.2) is 0 Å². The number of nitrogens with one attached hydrogen (secondary N) is 2. The molecule has 10 heteroatoms. The van der Waals surface area contributed by atoms with Gasteiger partial charge < -0.3 is 15.8 Å². The molecule has 0 aliphatic carbocycles. The Morgan fingerprint density at radius 1 is 1.03 bits per heavy atom. The largest absolute Gasteiger partial charge is 0.457 e. The van der Waals surface area contributed by atoms with E-state index in [-0.39, 0.29) is 23.1 Å². The molecular formula is C23H20F2N6O2. The van der Waals surface area contributed by atoms with Crippen LogP contribution in [0.3, 0.4) is 0 Å². The third-order valence-corrected chi connectivity index (χ3v) is 4.61. The van der Waals surface area contributed by atoms with Crippen molar-refractivity contribution in [3.8, 4) is 17.2 Å². The fourth-order valence-corrected chi connectivity index (χ4v) is 3.03. The van der Waals surface area contributed by atoms with Crippen molar-refractivity contribution in [2.75, 3.05) is 16.4 Å². The maximum absolute atomic E-state index is 14.6. The number of aryl methyl sites for hydroxylation is 1. The molecule has 0 saturated carbocycles. The molecule has 2 amide bonds. The zero-order valence-electron chi connectivity index (χ0n) is 17.5. The minimum Gasteiger partial charge on any atom is -0.457 e. The van der Waals surface area contributed by atoms with Gasteiger partial charge >= 0.3 is 6.03 Å². The van der Waals surface area contributed by atoms with Crippen LogP contribution in [0.1, 0.15) is 12.6 Å². The molecule has 0 unspecified atom stereocenters. The molecule has 2 aromatic heterocycles. The lowest BCUT2D eigenvalue weighted by atomic mass is 10.3. The average molecular weight is 450 g/mol. The van der Waals surface area contributed by atoms with Crippen LogP contribution in [0.15, 0.2) is 66.9 Å². The van der Waals surface area contributed by atoms with E-state index in [2.05, 4.69) is 20.7 Å². The number of carbonyl (C=O) groups is 1. The maximum Gasteiger partial charge on any atom is 0.324 e. The predicted molar refractivity (Wildman–Crippen MR) is 121 cm³/mol. The Balaban J connectivity index is 1.48. The van der Waals surface area contributed by atoms with E-state index >= 15 is 0 Å². The lowest BCUT2D eigenvalue weighted by Gasteiger charge is -2.12. The van der Waals surface area contributed by atoms with Crippen LogP contribution >= 0.6 is 0 Å². The van der Waals surface area contributed by atoms with Crippen LogP contribution in [0.25, 0.3) is 5.69 Å². The number of hydrogen-bond acceptors (Lipinski definition) is 5. The highest BCUT2D eigenvalue weighted by molar-refractivity contribution is 5.99. The normalized spacial score (nSPS) is 10.6. The number of amides is 2. The number of aromatic nitrogens is 3. The molecule has 0 aliphatic heterocycles. The molecule has 33 heavy (non-hydrogen) atoms. The van der Waals surface area contributed by atoms with E-state index in [0.717, 1.165) is 11.8 Å². The van der Waals surface area contributed by atoms with Crippen molar-refractivity contribution in [2.45, 2.75) is 13.3 Å². The fraction of sp³-hybridized carbons (Fsp3) is 0.0870. The number of ether oxygens (including phenoxy) is 1. The quantitative estimate of drug-likeness (QED) is 0.378. The third kappa shape index (κ3) is 5.24. The van der Waals surface area contributed by atoms with E-state index in [4.69, 9.17) is 10.5 Å². The second-order valence-corrected chi connectivity index (χ2v) is 7.00. The molecule has 4 aromatic rings. The molecule has 168 valence electrons. The SMILES string of the molecule is CCc1cc(NC(=O)Nc2ccc(Oc3ccnc(N)c3)cc2F)n(-c2ccc(F)cc2)n1.